The van der Waals surface area contributed by atoms with Crippen LogP contribution in [0.4, 0.5) is 0 Å². The second-order valence-corrected chi connectivity index (χ2v) is 5.93. The number of nitrogens with one attached hydrogen (secondary N) is 2. The minimum absolute atomic E-state index is 0.0649. The molecular formula is C17H16N4O4S. The molecule has 0 saturated heterocycles. The second-order valence-electron chi connectivity index (χ2n) is 5.18. The van der Waals surface area contributed by atoms with Gasteiger partial charge in [0.1, 0.15) is 23.0 Å². The number of aromatic nitrogens is 2. The number of carbonyl (C=O) groups is 2. The van der Waals surface area contributed by atoms with Crippen LogP contribution in [0, 0.1) is 0 Å². The second kappa shape index (κ2) is 8.26. The highest BCUT2D eigenvalue weighted by molar-refractivity contribution is 7.08. The van der Waals surface area contributed by atoms with Crippen molar-refractivity contribution in [2.45, 2.75) is 20.0 Å². The minimum atomic E-state index is -0.570. The van der Waals surface area contributed by atoms with Gasteiger partial charge >= 0.3 is 5.91 Å². The Morgan fingerprint density at radius 1 is 1.12 bits per heavy atom. The number of amides is 2. The van der Waals surface area contributed by atoms with Crippen LogP contribution in [0.15, 0.2) is 46.9 Å². The first-order valence-corrected chi connectivity index (χ1v) is 8.63. The van der Waals surface area contributed by atoms with Gasteiger partial charge in [0, 0.05) is 0 Å². The standard InChI is InChI=1S/C17H16N4O4S/c1-2-13-15(26-21-18-13)17(23)20-19-16(22)14-9-8-12(25-14)10-24-11-6-4-3-5-7-11/h3-9H,2,10H2,1H3,(H,19,22)(H,20,23). The molecule has 0 atom stereocenters. The molecule has 9 heteroatoms. The summed E-state index contributed by atoms with van der Waals surface area (Å²) in [7, 11) is 0. The van der Waals surface area contributed by atoms with Crippen molar-refractivity contribution in [2.75, 3.05) is 0 Å². The maximum absolute atomic E-state index is 12.1. The Bertz CT molecular complexity index is 891. The number of para-hydroxylation sites is 1. The molecule has 0 aliphatic carbocycles. The monoisotopic (exact) mass is 372 g/mol. The molecule has 2 N–H and O–H groups in total. The molecule has 0 aliphatic rings. The molecule has 2 aromatic heterocycles. The molecule has 0 saturated carbocycles. The van der Waals surface area contributed by atoms with Crippen LogP contribution in [0.3, 0.4) is 0 Å². The smallest absolute Gasteiger partial charge is 0.305 e. The molecule has 1 aromatic carbocycles. The summed E-state index contributed by atoms with van der Waals surface area (Å²) < 4.78 is 14.7. The van der Waals surface area contributed by atoms with E-state index < -0.39 is 11.8 Å². The van der Waals surface area contributed by atoms with E-state index in [1.54, 1.807) is 6.07 Å². The molecule has 8 nitrogen and oxygen atoms in total. The van der Waals surface area contributed by atoms with Gasteiger partial charge in [-0.3, -0.25) is 20.4 Å². The maximum Gasteiger partial charge on any atom is 0.305 e. The van der Waals surface area contributed by atoms with E-state index in [1.165, 1.54) is 6.07 Å². The fourth-order valence-electron chi connectivity index (χ4n) is 2.09. The zero-order valence-corrected chi connectivity index (χ0v) is 14.7. The van der Waals surface area contributed by atoms with Crippen LogP contribution in [-0.2, 0) is 13.0 Å². The number of hydrogen-bond acceptors (Lipinski definition) is 7. The highest BCUT2D eigenvalue weighted by Crippen LogP contribution is 2.14. The molecule has 0 radical (unpaired) electrons. The number of benzene rings is 1. The van der Waals surface area contributed by atoms with Crippen LogP contribution < -0.4 is 15.6 Å². The van der Waals surface area contributed by atoms with E-state index in [4.69, 9.17) is 9.15 Å². The van der Waals surface area contributed by atoms with Crippen molar-refractivity contribution >= 4 is 23.3 Å². The number of nitrogens with zero attached hydrogens (tertiary/aromatic N) is 2. The maximum atomic E-state index is 12.1. The van der Waals surface area contributed by atoms with Crippen molar-refractivity contribution in [2.24, 2.45) is 0 Å². The predicted octanol–water partition coefficient (Wildman–Crippen LogP) is 2.35. The highest BCUT2D eigenvalue weighted by atomic mass is 32.1. The first-order chi connectivity index (χ1) is 12.7. The van der Waals surface area contributed by atoms with Gasteiger partial charge in [0.25, 0.3) is 5.91 Å². The third-order valence-corrected chi connectivity index (χ3v) is 4.16. The van der Waals surface area contributed by atoms with Crippen LogP contribution >= 0.6 is 11.5 Å². The fraction of sp³-hybridized carbons (Fsp3) is 0.176. The van der Waals surface area contributed by atoms with Gasteiger partial charge in [0.2, 0.25) is 0 Å². The molecule has 0 spiro atoms. The molecule has 2 amide bonds. The van der Waals surface area contributed by atoms with Gasteiger partial charge in [-0.1, -0.05) is 29.6 Å². The van der Waals surface area contributed by atoms with Crippen molar-refractivity contribution in [3.8, 4) is 5.75 Å². The average Bonchev–Trinajstić information content (AvgIpc) is 3.34. The van der Waals surface area contributed by atoms with Crippen molar-refractivity contribution in [1.82, 2.24) is 20.4 Å². The third-order valence-electron chi connectivity index (χ3n) is 3.40. The van der Waals surface area contributed by atoms with Gasteiger partial charge < -0.3 is 9.15 Å². The van der Waals surface area contributed by atoms with Crippen molar-refractivity contribution in [1.29, 1.82) is 0 Å². The Labute approximate surface area is 153 Å². The van der Waals surface area contributed by atoms with E-state index in [-0.39, 0.29) is 12.4 Å². The quantitative estimate of drug-likeness (QED) is 0.643. The lowest BCUT2D eigenvalue weighted by atomic mass is 10.3. The van der Waals surface area contributed by atoms with Crippen LogP contribution in [-0.4, -0.2) is 21.4 Å². The topological polar surface area (TPSA) is 106 Å². The number of aryl methyl sites for hydroxylation is 1. The number of carbonyl (C=O) groups excluding carboxylic acids is 2. The summed E-state index contributed by atoms with van der Waals surface area (Å²) in [4.78, 5) is 24.5. The molecule has 134 valence electrons. The molecule has 2 heterocycles. The highest BCUT2D eigenvalue weighted by Gasteiger charge is 2.17. The number of hydrogen-bond donors (Lipinski definition) is 2. The van der Waals surface area contributed by atoms with Gasteiger partial charge in [-0.25, -0.2) is 0 Å². The van der Waals surface area contributed by atoms with E-state index in [0.717, 1.165) is 11.5 Å². The van der Waals surface area contributed by atoms with E-state index in [9.17, 15) is 9.59 Å². The number of ether oxygens (including phenoxy) is 1. The van der Waals surface area contributed by atoms with Crippen molar-refractivity contribution < 1.29 is 18.7 Å². The lowest BCUT2D eigenvalue weighted by molar-refractivity contribution is 0.0830. The molecule has 0 fully saturated rings. The van der Waals surface area contributed by atoms with E-state index in [1.807, 2.05) is 37.3 Å². The Kier molecular flexibility index (Phi) is 5.59. The first-order valence-electron chi connectivity index (χ1n) is 7.86. The molecular weight excluding hydrogens is 356 g/mol. The molecule has 3 aromatic rings. The number of furan rings is 1. The zero-order valence-electron chi connectivity index (χ0n) is 13.9. The fourth-order valence-corrected chi connectivity index (χ4v) is 2.74. The van der Waals surface area contributed by atoms with E-state index in [2.05, 4.69) is 20.4 Å². The summed E-state index contributed by atoms with van der Waals surface area (Å²) in [5, 5.41) is 3.85. The lowest BCUT2D eigenvalue weighted by Gasteiger charge is -2.05. The van der Waals surface area contributed by atoms with Crippen LogP contribution in [0.5, 0.6) is 5.75 Å². The van der Waals surface area contributed by atoms with Gasteiger partial charge in [-0.2, -0.15) is 0 Å². The van der Waals surface area contributed by atoms with E-state index >= 15 is 0 Å². The average molecular weight is 372 g/mol. The van der Waals surface area contributed by atoms with Crippen molar-refractivity contribution in [3.63, 3.8) is 0 Å². The predicted molar refractivity (Wildman–Crippen MR) is 93.7 cm³/mol. The summed E-state index contributed by atoms with van der Waals surface area (Å²) >= 11 is 0.974. The lowest BCUT2D eigenvalue weighted by Crippen LogP contribution is -2.41. The van der Waals surface area contributed by atoms with Gasteiger partial charge in [0.05, 0.1) is 5.69 Å². The van der Waals surface area contributed by atoms with Crippen LogP contribution in [0.1, 0.15) is 38.6 Å². The van der Waals surface area contributed by atoms with E-state index in [0.29, 0.717) is 28.5 Å². The third kappa shape index (κ3) is 4.25. The van der Waals surface area contributed by atoms with Gasteiger partial charge in [-0.15, -0.1) is 5.10 Å². The molecule has 3 rings (SSSR count). The van der Waals surface area contributed by atoms with Gasteiger partial charge in [0.15, 0.2) is 5.76 Å². The van der Waals surface area contributed by atoms with Crippen LogP contribution in [0.25, 0.3) is 0 Å². The summed E-state index contributed by atoms with van der Waals surface area (Å²) in [6, 6.07) is 12.4. The minimum Gasteiger partial charge on any atom is -0.486 e. The zero-order chi connectivity index (χ0) is 18.4. The van der Waals surface area contributed by atoms with Gasteiger partial charge in [-0.05, 0) is 42.2 Å². The summed E-state index contributed by atoms with van der Waals surface area (Å²) in [5.74, 6) is 0.219. The Hall–Kier alpha value is -3.20. The first kappa shape index (κ1) is 17.6. The SMILES string of the molecule is CCc1nnsc1C(=O)NNC(=O)c1ccc(COc2ccccc2)o1. The normalized spacial score (nSPS) is 10.3. The van der Waals surface area contributed by atoms with Crippen LogP contribution in [0.2, 0.25) is 0 Å². The summed E-state index contributed by atoms with van der Waals surface area (Å²) in [6.07, 6.45) is 0.580. The van der Waals surface area contributed by atoms with Crippen molar-refractivity contribution in [3.05, 3.63) is 64.6 Å². The molecule has 26 heavy (non-hydrogen) atoms. The Balaban J connectivity index is 1.52. The molecule has 0 aliphatic heterocycles. The Morgan fingerprint density at radius 3 is 2.65 bits per heavy atom. The molecule has 0 unspecified atom stereocenters. The summed E-state index contributed by atoms with van der Waals surface area (Å²) in [6.45, 7) is 2.06. The Morgan fingerprint density at radius 2 is 1.88 bits per heavy atom. The number of rotatable bonds is 6. The molecule has 0 bridgehead atoms. The summed E-state index contributed by atoms with van der Waals surface area (Å²) in [5.41, 5.74) is 5.21. The largest absolute Gasteiger partial charge is 0.486 e. The number of hydrazine groups is 1.